The lowest BCUT2D eigenvalue weighted by molar-refractivity contribution is 0.102. The highest BCUT2D eigenvalue weighted by atomic mass is 35.5. The van der Waals surface area contributed by atoms with Gasteiger partial charge in [0, 0.05) is 24.6 Å². The quantitative estimate of drug-likeness (QED) is 0.480. The van der Waals surface area contributed by atoms with Gasteiger partial charge in [-0.15, -0.1) is 0 Å². The molecule has 0 radical (unpaired) electrons. The average Bonchev–Trinajstić information content (AvgIpc) is 3.25. The van der Waals surface area contributed by atoms with E-state index in [1.165, 1.54) is 12.0 Å². The molecule has 4 rings (SSSR count). The molecule has 1 N–H and O–H groups in total. The molecule has 0 saturated carbocycles. The minimum atomic E-state index is -0.173. The Morgan fingerprint density at radius 3 is 2.77 bits per heavy atom. The van der Waals surface area contributed by atoms with Crippen molar-refractivity contribution in [2.45, 2.75) is 44.6 Å². The number of aliphatic hydroxyl groups is 1. The third-order valence-electron chi connectivity index (χ3n) is 5.81. The second-order valence-electron chi connectivity index (χ2n) is 7.69. The van der Waals surface area contributed by atoms with Gasteiger partial charge in [0.05, 0.1) is 16.1 Å². The predicted molar refractivity (Wildman–Crippen MR) is 120 cm³/mol. The smallest absolute Gasteiger partial charge is 0.228 e. The second-order valence-corrected chi connectivity index (χ2v) is 8.51. The van der Waals surface area contributed by atoms with Crippen molar-refractivity contribution in [1.29, 1.82) is 0 Å². The van der Waals surface area contributed by atoms with Crippen LogP contribution in [0.15, 0.2) is 48.8 Å². The molecule has 2 aromatic carbocycles. The van der Waals surface area contributed by atoms with E-state index in [0.717, 1.165) is 36.0 Å². The molecule has 30 heavy (non-hydrogen) atoms. The molecule has 1 atom stereocenters. The molecular weight excluding hydrogens is 419 g/mol. The standard InChI is InChI=1S/C24H24Cl2N2O2/c25-20-11-10-17(15-21(20)26)22(9-4-14-29)28-13-12-27-24(28)23(30)19-8-3-6-16-5-1-2-7-18(16)19/h3,6,8,10-13,15,22,29H,1-2,4-5,7,9,14H2. The lowest BCUT2D eigenvalue weighted by Crippen LogP contribution is -2.20. The molecule has 6 heteroatoms. The maximum absolute atomic E-state index is 13.6. The molecule has 1 aromatic heterocycles. The van der Waals surface area contributed by atoms with E-state index in [1.54, 1.807) is 12.3 Å². The number of halogens is 2. The number of ketones is 1. The molecule has 1 aliphatic rings. The third-order valence-corrected chi connectivity index (χ3v) is 6.55. The SMILES string of the molecule is O=C(c1cccc2c1CCCC2)c1nccn1C(CCCO)c1ccc(Cl)c(Cl)c1. The molecular formula is C24H24Cl2N2O2. The van der Waals surface area contributed by atoms with Crippen molar-refractivity contribution in [2.75, 3.05) is 6.61 Å². The number of hydrogen-bond acceptors (Lipinski definition) is 3. The van der Waals surface area contributed by atoms with Crippen LogP contribution in [0.5, 0.6) is 0 Å². The summed E-state index contributed by atoms with van der Waals surface area (Å²) in [7, 11) is 0. The van der Waals surface area contributed by atoms with Gasteiger partial charge in [-0.25, -0.2) is 4.98 Å². The highest BCUT2D eigenvalue weighted by Crippen LogP contribution is 2.32. The van der Waals surface area contributed by atoms with Crippen molar-refractivity contribution in [3.8, 4) is 0 Å². The monoisotopic (exact) mass is 442 g/mol. The van der Waals surface area contributed by atoms with E-state index in [9.17, 15) is 9.90 Å². The second kappa shape index (κ2) is 9.34. The van der Waals surface area contributed by atoms with E-state index in [1.807, 2.05) is 35.0 Å². The van der Waals surface area contributed by atoms with Crippen molar-refractivity contribution in [3.05, 3.63) is 86.9 Å². The number of rotatable bonds is 7. The summed E-state index contributed by atoms with van der Waals surface area (Å²) in [5.74, 6) is 0.343. The number of hydrogen-bond donors (Lipinski definition) is 1. The van der Waals surface area contributed by atoms with Gasteiger partial charge in [-0.3, -0.25) is 4.79 Å². The van der Waals surface area contributed by atoms with Crippen molar-refractivity contribution >= 4 is 29.0 Å². The van der Waals surface area contributed by atoms with E-state index in [0.29, 0.717) is 28.7 Å². The van der Waals surface area contributed by atoms with Gasteiger partial charge in [-0.1, -0.05) is 47.5 Å². The molecule has 1 unspecified atom stereocenters. The van der Waals surface area contributed by atoms with Crippen LogP contribution in [0.1, 0.15) is 64.6 Å². The highest BCUT2D eigenvalue weighted by Gasteiger charge is 2.25. The van der Waals surface area contributed by atoms with Crippen LogP contribution in [-0.2, 0) is 12.8 Å². The molecule has 156 valence electrons. The number of aromatic nitrogens is 2. The Labute approximate surface area is 186 Å². The Morgan fingerprint density at radius 1 is 1.13 bits per heavy atom. The topological polar surface area (TPSA) is 55.1 Å². The first kappa shape index (κ1) is 21.1. The average molecular weight is 443 g/mol. The molecule has 1 aliphatic carbocycles. The van der Waals surface area contributed by atoms with Crippen molar-refractivity contribution in [2.24, 2.45) is 0 Å². The van der Waals surface area contributed by atoms with Crippen LogP contribution >= 0.6 is 23.2 Å². The number of aryl methyl sites for hydroxylation is 1. The number of carbonyl (C=O) groups is 1. The van der Waals surface area contributed by atoms with Crippen LogP contribution < -0.4 is 0 Å². The van der Waals surface area contributed by atoms with Gasteiger partial charge in [-0.2, -0.15) is 0 Å². The van der Waals surface area contributed by atoms with Crippen molar-refractivity contribution in [1.82, 2.24) is 9.55 Å². The number of benzene rings is 2. The van der Waals surface area contributed by atoms with Gasteiger partial charge in [0.15, 0.2) is 5.82 Å². The largest absolute Gasteiger partial charge is 0.396 e. The first-order valence-corrected chi connectivity index (χ1v) is 11.1. The minimum absolute atomic E-state index is 0.0622. The Morgan fingerprint density at radius 2 is 1.97 bits per heavy atom. The van der Waals surface area contributed by atoms with E-state index in [2.05, 4.69) is 11.1 Å². The van der Waals surface area contributed by atoms with Crippen molar-refractivity contribution < 1.29 is 9.90 Å². The molecule has 0 saturated heterocycles. The summed E-state index contributed by atoms with van der Waals surface area (Å²) >= 11 is 12.4. The maximum atomic E-state index is 13.6. The fourth-order valence-corrected chi connectivity index (χ4v) is 4.63. The highest BCUT2D eigenvalue weighted by molar-refractivity contribution is 6.42. The van der Waals surface area contributed by atoms with E-state index >= 15 is 0 Å². The third kappa shape index (κ3) is 4.18. The Kier molecular flexibility index (Phi) is 6.57. The van der Waals surface area contributed by atoms with Crippen LogP contribution in [0.3, 0.4) is 0 Å². The van der Waals surface area contributed by atoms with Gasteiger partial charge < -0.3 is 9.67 Å². The minimum Gasteiger partial charge on any atom is -0.396 e. The van der Waals surface area contributed by atoms with E-state index in [4.69, 9.17) is 23.2 Å². The van der Waals surface area contributed by atoms with Crippen LogP contribution in [0.4, 0.5) is 0 Å². The zero-order chi connectivity index (χ0) is 21.1. The zero-order valence-electron chi connectivity index (χ0n) is 16.7. The predicted octanol–water partition coefficient (Wildman–Crippen LogP) is 5.66. The number of imidazole rings is 1. The molecule has 3 aromatic rings. The number of fused-ring (bicyclic) bond motifs is 1. The lowest BCUT2D eigenvalue weighted by atomic mass is 9.87. The number of carbonyl (C=O) groups excluding carboxylic acids is 1. The van der Waals surface area contributed by atoms with Crippen LogP contribution in [0.25, 0.3) is 0 Å². The van der Waals surface area contributed by atoms with Gasteiger partial charge in [-0.05, 0) is 67.3 Å². The summed E-state index contributed by atoms with van der Waals surface area (Å²) < 4.78 is 1.90. The summed E-state index contributed by atoms with van der Waals surface area (Å²) in [6.07, 6.45) is 8.95. The van der Waals surface area contributed by atoms with Gasteiger partial charge >= 0.3 is 0 Å². The van der Waals surface area contributed by atoms with Gasteiger partial charge in [0.25, 0.3) is 0 Å². The summed E-state index contributed by atoms with van der Waals surface area (Å²) in [6.45, 7) is 0.0714. The summed E-state index contributed by atoms with van der Waals surface area (Å²) in [6, 6.07) is 11.3. The normalized spacial score (nSPS) is 14.4. The molecule has 0 bridgehead atoms. The van der Waals surface area contributed by atoms with Crippen LogP contribution in [0.2, 0.25) is 10.0 Å². The number of aliphatic hydroxyl groups excluding tert-OH is 1. The molecule has 0 fully saturated rings. The van der Waals surface area contributed by atoms with Gasteiger partial charge in [0.1, 0.15) is 0 Å². The Hall–Kier alpha value is -2.14. The number of nitrogens with zero attached hydrogens (tertiary/aromatic N) is 2. The van der Waals surface area contributed by atoms with Gasteiger partial charge in [0.2, 0.25) is 5.78 Å². The molecule has 0 amide bonds. The van der Waals surface area contributed by atoms with Crippen LogP contribution in [-0.4, -0.2) is 27.0 Å². The van der Waals surface area contributed by atoms with Crippen LogP contribution in [0, 0.1) is 0 Å². The van der Waals surface area contributed by atoms with Crippen molar-refractivity contribution in [3.63, 3.8) is 0 Å². The molecule has 0 aliphatic heterocycles. The first-order valence-electron chi connectivity index (χ1n) is 10.3. The Balaban J connectivity index is 1.75. The maximum Gasteiger partial charge on any atom is 0.228 e. The fourth-order valence-electron chi connectivity index (χ4n) is 4.33. The molecule has 0 spiro atoms. The summed E-state index contributed by atoms with van der Waals surface area (Å²) in [5.41, 5.74) is 4.10. The fraction of sp³-hybridized carbons (Fsp3) is 0.333. The summed E-state index contributed by atoms with van der Waals surface area (Å²) in [5, 5.41) is 10.4. The van der Waals surface area contributed by atoms with E-state index in [-0.39, 0.29) is 18.4 Å². The van der Waals surface area contributed by atoms with E-state index < -0.39 is 0 Å². The summed E-state index contributed by atoms with van der Waals surface area (Å²) in [4.78, 5) is 18.0. The molecule has 1 heterocycles. The Bertz CT molecular complexity index is 1060. The lowest BCUT2D eigenvalue weighted by Gasteiger charge is -2.23. The zero-order valence-corrected chi connectivity index (χ0v) is 18.2. The first-order chi connectivity index (χ1) is 14.6. The molecule has 4 nitrogen and oxygen atoms in total.